The minimum absolute atomic E-state index is 0.159. The van der Waals surface area contributed by atoms with Crippen LogP contribution in [0.5, 0.6) is 0 Å². The molecule has 0 saturated heterocycles. The van der Waals surface area contributed by atoms with Crippen molar-refractivity contribution in [2.75, 3.05) is 26.7 Å². The number of esters is 1. The largest absolute Gasteiger partial charge is 0.468 e. The summed E-state index contributed by atoms with van der Waals surface area (Å²) in [6.45, 7) is 11.9. The van der Waals surface area contributed by atoms with Gasteiger partial charge in [0.15, 0.2) is 0 Å². The maximum absolute atomic E-state index is 11.5. The molecule has 0 spiro atoms. The lowest BCUT2D eigenvalue weighted by molar-refractivity contribution is -0.143. The molecular weight excluding hydrogens is 228 g/mol. The first kappa shape index (κ1) is 17.4. The normalized spacial score (nSPS) is 14.6. The molecule has 0 aliphatic carbocycles. The third kappa shape index (κ3) is 6.97. The van der Waals surface area contributed by atoms with Gasteiger partial charge in [0.1, 0.15) is 6.04 Å². The van der Waals surface area contributed by atoms with Crippen LogP contribution in [0.3, 0.4) is 0 Å². The van der Waals surface area contributed by atoms with Crippen molar-refractivity contribution in [3.8, 4) is 0 Å². The van der Waals surface area contributed by atoms with E-state index in [-0.39, 0.29) is 12.0 Å². The van der Waals surface area contributed by atoms with E-state index in [9.17, 15) is 4.79 Å². The molecule has 18 heavy (non-hydrogen) atoms. The highest BCUT2D eigenvalue weighted by Crippen LogP contribution is 2.03. The molecule has 2 atom stereocenters. The average Bonchev–Trinajstić information content (AvgIpc) is 2.40. The maximum Gasteiger partial charge on any atom is 0.322 e. The number of ether oxygens (including phenoxy) is 1. The number of hydrogen-bond donors (Lipinski definition) is 1. The zero-order valence-electron chi connectivity index (χ0n) is 12.7. The van der Waals surface area contributed by atoms with Crippen molar-refractivity contribution >= 4 is 5.97 Å². The van der Waals surface area contributed by atoms with Crippen molar-refractivity contribution in [3.63, 3.8) is 0 Å². The quantitative estimate of drug-likeness (QED) is 0.609. The van der Waals surface area contributed by atoms with Crippen molar-refractivity contribution in [3.05, 3.63) is 0 Å². The fourth-order valence-corrected chi connectivity index (χ4v) is 2.08. The van der Waals surface area contributed by atoms with Gasteiger partial charge in [-0.1, -0.05) is 20.8 Å². The summed E-state index contributed by atoms with van der Waals surface area (Å²) in [6, 6.07) is 0.183. The van der Waals surface area contributed by atoms with Crippen LogP contribution in [0.4, 0.5) is 0 Å². The fourth-order valence-electron chi connectivity index (χ4n) is 2.08. The van der Waals surface area contributed by atoms with Crippen LogP contribution in [-0.4, -0.2) is 49.7 Å². The van der Waals surface area contributed by atoms with Gasteiger partial charge in [0.05, 0.1) is 7.11 Å². The van der Waals surface area contributed by atoms with Crippen molar-refractivity contribution < 1.29 is 9.53 Å². The Kier molecular flexibility index (Phi) is 9.98. The molecule has 0 bridgehead atoms. The molecule has 0 aromatic rings. The van der Waals surface area contributed by atoms with E-state index in [0.29, 0.717) is 6.04 Å². The van der Waals surface area contributed by atoms with E-state index < -0.39 is 0 Å². The molecule has 0 fully saturated rings. The lowest BCUT2D eigenvalue weighted by Crippen LogP contribution is -2.42. The van der Waals surface area contributed by atoms with Gasteiger partial charge in [-0.2, -0.15) is 0 Å². The Morgan fingerprint density at radius 1 is 1.28 bits per heavy atom. The first-order chi connectivity index (χ1) is 8.58. The van der Waals surface area contributed by atoms with E-state index in [4.69, 9.17) is 4.74 Å². The summed E-state index contributed by atoms with van der Waals surface area (Å²) in [5.74, 6) is -0.159. The van der Waals surface area contributed by atoms with Crippen LogP contribution in [0, 0.1) is 0 Å². The van der Waals surface area contributed by atoms with E-state index in [1.165, 1.54) is 7.11 Å². The molecule has 0 amide bonds. The van der Waals surface area contributed by atoms with Gasteiger partial charge < -0.3 is 15.0 Å². The third-order valence-corrected chi connectivity index (χ3v) is 3.39. The summed E-state index contributed by atoms with van der Waals surface area (Å²) in [7, 11) is 1.44. The lowest BCUT2D eigenvalue weighted by atomic mass is 10.1. The van der Waals surface area contributed by atoms with Crippen molar-refractivity contribution in [1.29, 1.82) is 0 Å². The Bertz CT molecular complexity index is 218. The predicted octanol–water partition coefficient (Wildman–Crippen LogP) is 2.04. The summed E-state index contributed by atoms with van der Waals surface area (Å²) in [5, 5.41) is 3.33. The molecule has 0 aromatic heterocycles. The zero-order chi connectivity index (χ0) is 14.0. The lowest BCUT2D eigenvalue weighted by Gasteiger charge is -2.22. The summed E-state index contributed by atoms with van der Waals surface area (Å²) in [5.41, 5.74) is 0. The highest BCUT2D eigenvalue weighted by Gasteiger charge is 2.18. The zero-order valence-corrected chi connectivity index (χ0v) is 12.7. The molecule has 0 rings (SSSR count). The van der Waals surface area contributed by atoms with E-state index in [1.807, 2.05) is 6.92 Å². The number of nitrogens with zero attached hydrogens (tertiary/aromatic N) is 1. The summed E-state index contributed by atoms with van der Waals surface area (Å²) >= 11 is 0. The Morgan fingerprint density at radius 2 is 1.89 bits per heavy atom. The van der Waals surface area contributed by atoms with E-state index in [0.717, 1.165) is 38.9 Å². The molecule has 4 heteroatoms. The standard InChI is InChI=1S/C14H30N2O2/c1-6-13(14(17)18-5)15-12(4)10-9-11-16(7-2)8-3/h12-13,15H,6-11H2,1-5H3. The first-order valence-corrected chi connectivity index (χ1v) is 7.15. The number of carbonyl (C=O) groups excluding carboxylic acids is 1. The van der Waals surface area contributed by atoms with Crippen LogP contribution in [0.15, 0.2) is 0 Å². The number of nitrogens with one attached hydrogen (secondary N) is 1. The maximum atomic E-state index is 11.5. The van der Waals surface area contributed by atoms with Crippen LogP contribution in [0.2, 0.25) is 0 Å². The molecule has 0 saturated carbocycles. The van der Waals surface area contributed by atoms with Crippen molar-refractivity contribution in [2.45, 2.75) is 59.0 Å². The first-order valence-electron chi connectivity index (χ1n) is 7.15. The van der Waals surface area contributed by atoms with Gasteiger partial charge in [-0.3, -0.25) is 4.79 Å². The average molecular weight is 258 g/mol. The van der Waals surface area contributed by atoms with Gasteiger partial charge in [0.25, 0.3) is 0 Å². The van der Waals surface area contributed by atoms with Crippen LogP contribution in [0.1, 0.15) is 47.0 Å². The van der Waals surface area contributed by atoms with Gasteiger partial charge in [-0.15, -0.1) is 0 Å². The second kappa shape index (κ2) is 10.3. The summed E-state index contributed by atoms with van der Waals surface area (Å²) in [6.07, 6.45) is 3.02. The molecule has 0 heterocycles. The highest BCUT2D eigenvalue weighted by molar-refractivity contribution is 5.75. The smallest absolute Gasteiger partial charge is 0.322 e. The minimum atomic E-state index is -0.168. The van der Waals surface area contributed by atoms with E-state index in [2.05, 4.69) is 31.0 Å². The Balaban J connectivity index is 3.88. The second-order valence-corrected chi connectivity index (χ2v) is 4.72. The Labute approximate surface area is 112 Å². The second-order valence-electron chi connectivity index (χ2n) is 4.72. The van der Waals surface area contributed by atoms with Gasteiger partial charge in [0.2, 0.25) is 0 Å². The van der Waals surface area contributed by atoms with Gasteiger partial charge in [-0.25, -0.2) is 0 Å². The van der Waals surface area contributed by atoms with Crippen molar-refractivity contribution in [1.82, 2.24) is 10.2 Å². The van der Waals surface area contributed by atoms with Gasteiger partial charge >= 0.3 is 5.97 Å². The molecule has 0 aromatic carbocycles. The number of hydrogen-bond acceptors (Lipinski definition) is 4. The molecular formula is C14H30N2O2. The molecule has 1 N–H and O–H groups in total. The predicted molar refractivity (Wildman–Crippen MR) is 75.7 cm³/mol. The van der Waals surface area contributed by atoms with Crippen molar-refractivity contribution in [2.24, 2.45) is 0 Å². The summed E-state index contributed by atoms with van der Waals surface area (Å²) in [4.78, 5) is 13.9. The molecule has 2 unspecified atom stereocenters. The summed E-state index contributed by atoms with van der Waals surface area (Å²) < 4.78 is 4.77. The Hall–Kier alpha value is -0.610. The molecule has 0 aliphatic heterocycles. The molecule has 0 aliphatic rings. The van der Waals surface area contributed by atoms with Crippen LogP contribution >= 0.6 is 0 Å². The fraction of sp³-hybridized carbons (Fsp3) is 0.929. The van der Waals surface area contributed by atoms with Gasteiger partial charge in [0, 0.05) is 6.04 Å². The van der Waals surface area contributed by atoms with E-state index >= 15 is 0 Å². The van der Waals surface area contributed by atoms with Crippen LogP contribution in [-0.2, 0) is 9.53 Å². The molecule has 4 nitrogen and oxygen atoms in total. The number of rotatable bonds is 10. The minimum Gasteiger partial charge on any atom is -0.468 e. The van der Waals surface area contributed by atoms with Crippen LogP contribution < -0.4 is 5.32 Å². The molecule has 108 valence electrons. The third-order valence-electron chi connectivity index (χ3n) is 3.39. The van der Waals surface area contributed by atoms with Crippen LogP contribution in [0.25, 0.3) is 0 Å². The topological polar surface area (TPSA) is 41.6 Å². The number of methoxy groups -OCH3 is 1. The number of carbonyl (C=O) groups is 1. The Morgan fingerprint density at radius 3 is 2.33 bits per heavy atom. The van der Waals surface area contributed by atoms with Gasteiger partial charge in [-0.05, 0) is 45.8 Å². The monoisotopic (exact) mass is 258 g/mol. The SMILES string of the molecule is CCC(NC(C)CCCN(CC)CC)C(=O)OC. The molecule has 0 radical (unpaired) electrons. The highest BCUT2D eigenvalue weighted by atomic mass is 16.5. The van der Waals surface area contributed by atoms with E-state index in [1.54, 1.807) is 0 Å².